The average Bonchev–Trinajstić information content (AvgIpc) is 3.96. The summed E-state index contributed by atoms with van der Waals surface area (Å²) in [6, 6.07) is 62.6. The molecule has 0 aliphatic carbocycles. The van der Waals surface area contributed by atoms with E-state index in [1.165, 1.54) is 0 Å². The summed E-state index contributed by atoms with van der Waals surface area (Å²) in [5, 5.41) is 6.38. The summed E-state index contributed by atoms with van der Waals surface area (Å²) in [6.45, 7) is 0. The first kappa shape index (κ1) is 31.5. The smallest absolute Gasteiger partial charge is 0.167 e. The zero-order valence-corrected chi connectivity index (χ0v) is 30.4. The first-order chi connectivity index (χ1) is 28.3. The second-order valence-corrected chi connectivity index (χ2v) is 14.3. The number of hydrogen-bond acceptors (Lipinski definition) is 5. The number of hydrogen-bond donors (Lipinski definition) is 0. The van der Waals surface area contributed by atoms with Gasteiger partial charge in [-0.2, -0.15) is 0 Å². The Kier molecular flexibility index (Phi) is 6.83. The van der Waals surface area contributed by atoms with Crippen LogP contribution in [0.2, 0.25) is 0 Å². The summed E-state index contributed by atoms with van der Waals surface area (Å²) >= 11 is 0. The van der Waals surface area contributed by atoms with Crippen LogP contribution >= 0.6 is 0 Å². The van der Waals surface area contributed by atoms with Crippen molar-refractivity contribution in [1.82, 2.24) is 19.5 Å². The van der Waals surface area contributed by atoms with Crippen molar-refractivity contribution in [3.63, 3.8) is 0 Å². The fourth-order valence-electron chi connectivity index (χ4n) is 8.50. The van der Waals surface area contributed by atoms with Gasteiger partial charge in [-0.1, -0.05) is 127 Å². The van der Waals surface area contributed by atoms with E-state index in [1.54, 1.807) is 0 Å². The molecule has 0 aliphatic rings. The summed E-state index contributed by atoms with van der Waals surface area (Å²) in [6.07, 6.45) is 0. The SMILES string of the molecule is c1ccc(-c2nc(-c3ccccc3)nc(-c3cccc4c3oc3c4ccc4c3c3cc(-c5cccc6oc7ccccc7c56)ccc3n4-c3ccccc3)n2)cc1. The van der Waals surface area contributed by atoms with E-state index >= 15 is 0 Å². The van der Waals surface area contributed by atoms with Gasteiger partial charge in [-0.15, -0.1) is 0 Å². The van der Waals surface area contributed by atoms with Gasteiger partial charge < -0.3 is 13.4 Å². The van der Waals surface area contributed by atoms with E-state index in [4.69, 9.17) is 23.8 Å². The van der Waals surface area contributed by atoms with Gasteiger partial charge >= 0.3 is 0 Å². The van der Waals surface area contributed by atoms with Crippen molar-refractivity contribution in [1.29, 1.82) is 0 Å². The molecular formula is C51H30N4O2. The van der Waals surface area contributed by atoms with Crippen molar-refractivity contribution < 1.29 is 8.83 Å². The van der Waals surface area contributed by atoms with Crippen LogP contribution in [0.5, 0.6) is 0 Å². The monoisotopic (exact) mass is 730 g/mol. The molecule has 0 spiro atoms. The first-order valence-electron chi connectivity index (χ1n) is 19.0. The molecule has 6 heteroatoms. The third-order valence-corrected chi connectivity index (χ3v) is 11.1. The standard InChI is InChI=1S/C51H30N4O2/c1-4-14-31(15-5-1)49-52-50(32-16-6-2-7-17-32)54-51(53-49)39-23-12-22-36-37-27-29-42-46(48(37)57-47(36)39)40-30-33(26-28-41(40)55(42)34-18-8-3-9-19-34)35-21-13-25-44-45(35)38-20-10-11-24-43(38)56-44/h1-30H. The second kappa shape index (κ2) is 12.3. The molecule has 0 amide bonds. The van der Waals surface area contributed by atoms with E-state index in [1.807, 2.05) is 84.9 Å². The fraction of sp³-hybridized carbons (Fsp3) is 0. The Morgan fingerprint density at radius 3 is 1.72 bits per heavy atom. The zero-order valence-electron chi connectivity index (χ0n) is 30.4. The van der Waals surface area contributed by atoms with E-state index in [9.17, 15) is 0 Å². The van der Waals surface area contributed by atoms with E-state index in [0.717, 1.165) is 99.2 Å². The Balaban J connectivity index is 1.14. The van der Waals surface area contributed by atoms with Crippen molar-refractivity contribution in [2.75, 3.05) is 0 Å². The van der Waals surface area contributed by atoms with Crippen LogP contribution in [0.4, 0.5) is 0 Å². The molecule has 6 nitrogen and oxygen atoms in total. The van der Waals surface area contributed by atoms with E-state index in [2.05, 4.69) is 102 Å². The van der Waals surface area contributed by atoms with E-state index < -0.39 is 0 Å². The fourth-order valence-corrected chi connectivity index (χ4v) is 8.50. The average molecular weight is 731 g/mol. The van der Waals surface area contributed by atoms with Crippen LogP contribution in [0.25, 0.3) is 117 Å². The van der Waals surface area contributed by atoms with Crippen molar-refractivity contribution in [2.24, 2.45) is 0 Å². The lowest BCUT2D eigenvalue weighted by Gasteiger charge is -2.08. The molecule has 0 unspecified atom stereocenters. The van der Waals surface area contributed by atoms with Crippen LogP contribution in [0.15, 0.2) is 191 Å². The molecule has 4 heterocycles. The molecule has 57 heavy (non-hydrogen) atoms. The summed E-state index contributed by atoms with van der Waals surface area (Å²) in [4.78, 5) is 15.1. The van der Waals surface area contributed by atoms with Gasteiger partial charge in [-0.05, 0) is 65.7 Å². The predicted molar refractivity (Wildman–Crippen MR) is 230 cm³/mol. The van der Waals surface area contributed by atoms with Crippen LogP contribution < -0.4 is 0 Å². The molecule has 0 bridgehead atoms. The van der Waals surface area contributed by atoms with Crippen molar-refractivity contribution in [3.05, 3.63) is 182 Å². The molecule has 0 atom stereocenters. The molecule has 0 N–H and O–H groups in total. The number of rotatable bonds is 5. The van der Waals surface area contributed by atoms with Gasteiger partial charge in [0.2, 0.25) is 0 Å². The van der Waals surface area contributed by atoms with Gasteiger partial charge in [-0.25, -0.2) is 15.0 Å². The Morgan fingerprint density at radius 2 is 0.947 bits per heavy atom. The molecule has 4 aromatic heterocycles. The van der Waals surface area contributed by atoms with Gasteiger partial charge in [0, 0.05) is 43.7 Å². The Bertz CT molecular complexity index is 3450. The lowest BCUT2D eigenvalue weighted by atomic mass is 9.97. The lowest BCUT2D eigenvalue weighted by molar-refractivity contribution is 0.669. The minimum atomic E-state index is 0.554. The van der Waals surface area contributed by atoms with E-state index in [0.29, 0.717) is 17.5 Å². The highest BCUT2D eigenvalue weighted by atomic mass is 16.3. The highest BCUT2D eigenvalue weighted by molar-refractivity contribution is 6.25. The van der Waals surface area contributed by atoms with Gasteiger partial charge in [0.05, 0.1) is 22.0 Å². The van der Waals surface area contributed by atoms with Crippen LogP contribution in [-0.2, 0) is 0 Å². The maximum absolute atomic E-state index is 7.13. The molecule has 12 rings (SSSR count). The zero-order chi connectivity index (χ0) is 37.5. The third-order valence-electron chi connectivity index (χ3n) is 11.1. The first-order valence-corrected chi connectivity index (χ1v) is 19.0. The number of fused-ring (bicyclic) bond motifs is 10. The molecule has 12 aromatic rings. The van der Waals surface area contributed by atoms with Crippen molar-refractivity contribution >= 4 is 65.7 Å². The van der Waals surface area contributed by atoms with Gasteiger partial charge in [0.1, 0.15) is 22.3 Å². The van der Waals surface area contributed by atoms with Crippen molar-refractivity contribution in [2.45, 2.75) is 0 Å². The number of furan rings is 2. The summed E-state index contributed by atoms with van der Waals surface area (Å²) in [7, 11) is 0. The highest BCUT2D eigenvalue weighted by Crippen LogP contribution is 2.45. The summed E-state index contributed by atoms with van der Waals surface area (Å²) in [5.74, 6) is 1.76. The molecular weight excluding hydrogens is 701 g/mol. The van der Waals surface area contributed by atoms with E-state index in [-0.39, 0.29) is 0 Å². The van der Waals surface area contributed by atoms with Gasteiger partial charge in [0.15, 0.2) is 17.5 Å². The highest BCUT2D eigenvalue weighted by Gasteiger charge is 2.23. The Hall–Kier alpha value is -7.83. The van der Waals surface area contributed by atoms with Crippen molar-refractivity contribution in [3.8, 4) is 51.0 Å². The molecule has 0 fully saturated rings. The minimum Gasteiger partial charge on any atom is -0.456 e. The summed E-state index contributed by atoms with van der Waals surface area (Å²) < 4.78 is 15.8. The van der Waals surface area contributed by atoms with Crippen LogP contribution in [0.3, 0.4) is 0 Å². The number of nitrogens with zero attached hydrogens (tertiary/aromatic N) is 4. The Morgan fingerprint density at radius 1 is 0.351 bits per heavy atom. The summed E-state index contributed by atoms with van der Waals surface area (Å²) in [5.41, 5.74) is 11.4. The predicted octanol–water partition coefficient (Wildman–Crippen LogP) is 13.4. The molecule has 0 radical (unpaired) electrons. The van der Waals surface area contributed by atoms with Gasteiger partial charge in [-0.3, -0.25) is 0 Å². The molecule has 8 aromatic carbocycles. The second-order valence-electron chi connectivity index (χ2n) is 14.3. The van der Waals surface area contributed by atoms with Gasteiger partial charge in [0.25, 0.3) is 0 Å². The van der Waals surface area contributed by atoms with Crippen LogP contribution in [0.1, 0.15) is 0 Å². The largest absolute Gasteiger partial charge is 0.456 e. The van der Waals surface area contributed by atoms with Crippen LogP contribution in [0, 0.1) is 0 Å². The number of benzene rings is 8. The topological polar surface area (TPSA) is 69.9 Å². The number of aromatic nitrogens is 4. The maximum atomic E-state index is 7.13. The maximum Gasteiger partial charge on any atom is 0.167 e. The lowest BCUT2D eigenvalue weighted by Crippen LogP contribution is -2.00. The molecule has 0 saturated heterocycles. The quantitative estimate of drug-likeness (QED) is 0.176. The Labute approximate surface area is 325 Å². The molecule has 0 aliphatic heterocycles. The number of para-hydroxylation sites is 3. The van der Waals surface area contributed by atoms with Crippen LogP contribution in [-0.4, -0.2) is 19.5 Å². The third kappa shape index (κ3) is 4.87. The molecule has 266 valence electrons. The molecule has 0 saturated carbocycles. The minimum absolute atomic E-state index is 0.554. The normalized spacial score (nSPS) is 11.9.